The minimum absolute atomic E-state index is 0.0357. The first-order valence-electron chi connectivity index (χ1n) is 9.45. The summed E-state index contributed by atoms with van der Waals surface area (Å²) in [5.74, 6) is 0.852. The van der Waals surface area contributed by atoms with Crippen molar-refractivity contribution in [3.8, 4) is 17.0 Å². The molecule has 0 atom stereocenters. The quantitative estimate of drug-likeness (QED) is 0.512. The average Bonchev–Trinajstić information content (AvgIpc) is 3.11. The van der Waals surface area contributed by atoms with Gasteiger partial charge in [0.2, 0.25) is 5.91 Å². The molecule has 0 saturated carbocycles. The first-order valence-corrected chi connectivity index (χ1v) is 10.3. The van der Waals surface area contributed by atoms with Crippen LogP contribution in [0.1, 0.15) is 35.1 Å². The smallest absolute Gasteiger partial charge is 0.226 e. The van der Waals surface area contributed by atoms with E-state index in [4.69, 9.17) is 4.74 Å². The number of amides is 1. The monoisotopic (exact) mass is 394 g/mol. The van der Waals surface area contributed by atoms with Gasteiger partial charge < -0.3 is 10.1 Å². The molecule has 0 saturated heterocycles. The normalized spacial score (nSPS) is 10.7. The number of nitrogens with one attached hydrogen (secondary N) is 1. The Morgan fingerprint density at radius 2 is 1.75 bits per heavy atom. The number of benzene rings is 2. The number of ether oxygens (including phenoxy) is 1. The van der Waals surface area contributed by atoms with E-state index in [0.29, 0.717) is 24.6 Å². The average molecular weight is 395 g/mol. The van der Waals surface area contributed by atoms with Crippen LogP contribution in [0.4, 0.5) is 5.13 Å². The van der Waals surface area contributed by atoms with Gasteiger partial charge in [-0.3, -0.25) is 4.79 Å². The van der Waals surface area contributed by atoms with Gasteiger partial charge in [0.05, 0.1) is 12.3 Å². The Hall–Kier alpha value is -2.66. The van der Waals surface area contributed by atoms with Crippen LogP contribution in [0, 0.1) is 27.7 Å². The Morgan fingerprint density at radius 3 is 2.54 bits per heavy atom. The molecule has 0 spiro atoms. The molecule has 0 fully saturated rings. The lowest BCUT2D eigenvalue weighted by Gasteiger charge is -2.09. The van der Waals surface area contributed by atoms with E-state index >= 15 is 0 Å². The third-order valence-corrected chi connectivity index (χ3v) is 5.33. The summed E-state index contributed by atoms with van der Waals surface area (Å²) in [5.41, 5.74) is 6.66. The van der Waals surface area contributed by atoms with Crippen LogP contribution in [0.25, 0.3) is 11.3 Å². The summed E-state index contributed by atoms with van der Waals surface area (Å²) in [6.07, 6.45) is 1.07. The summed E-state index contributed by atoms with van der Waals surface area (Å²) in [6, 6.07) is 12.5. The van der Waals surface area contributed by atoms with Gasteiger partial charge in [0.25, 0.3) is 0 Å². The fourth-order valence-corrected chi connectivity index (χ4v) is 3.65. The lowest BCUT2D eigenvalue weighted by atomic mass is 10.0. The zero-order valence-corrected chi connectivity index (χ0v) is 17.7. The van der Waals surface area contributed by atoms with E-state index in [1.165, 1.54) is 28.0 Å². The molecule has 3 rings (SSSR count). The lowest BCUT2D eigenvalue weighted by molar-refractivity contribution is -0.116. The highest BCUT2D eigenvalue weighted by Crippen LogP contribution is 2.28. The maximum absolute atomic E-state index is 12.2. The van der Waals surface area contributed by atoms with Crippen molar-refractivity contribution in [2.24, 2.45) is 0 Å². The Labute approximate surface area is 170 Å². The maximum Gasteiger partial charge on any atom is 0.226 e. The lowest BCUT2D eigenvalue weighted by Crippen LogP contribution is -2.12. The molecule has 3 aromatic rings. The molecule has 1 aromatic heterocycles. The van der Waals surface area contributed by atoms with Gasteiger partial charge in [0.1, 0.15) is 5.75 Å². The second kappa shape index (κ2) is 9.02. The van der Waals surface area contributed by atoms with Crippen LogP contribution in [0.15, 0.2) is 41.8 Å². The number of anilines is 1. The molecule has 5 heteroatoms. The highest BCUT2D eigenvalue weighted by atomic mass is 32.1. The van der Waals surface area contributed by atoms with Crippen molar-refractivity contribution in [1.29, 1.82) is 0 Å². The topological polar surface area (TPSA) is 51.2 Å². The number of aromatic nitrogens is 1. The predicted molar refractivity (Wildman–Crippen MR) is 116 cm³/mol. The molecule has 1 heterocycles. The van der Waals surface area contributed by atoms with E-state index in [1.807, 2.05) is 31.4 Å². The van der Waals surface area contributed by atoms with Gasteiger partial charge in [-0.1, -0.05) is 29.8 Å². The standard InChI is InChI=1S/C23H26N2O2S/c1-15-7-9-17(3)19(12-15)20-14-28-23(24-20)25-22(26)6-5-11-27-21-13-16(2)8-10-18(21)4/h7-10,12-14H,5-6,11H2,1-4H3,(H,24,25,26). The van der Waals surface area contributed by atoms with Crippen molar-refractivity contribution in [3.63, 3.8) is 0 Å². The molecule has 0 unspecified atom stereocenters. The SMILES string of the molecule is Cc1ccc(C)c(OCCCC(=O)Nc2nc(-c3cc(C)ccc3C)cs2)c1. The molecule has 146 valence electrons. The number of carbonyl (C=O) groups excluding carboxylic acids is 1. The van der Waals surface area contributed by atoms with Crippen LogP contribution in [0.3, 0.4) is 0 Å². The number of nitrogens with zero attached hydrogens (tertiary/aromatic N) is 1. The Bertz CT molecular complexity index is 978. The molecule has 1 amide bonds. The Morgan fingerprint density at radius 1 is 1.04 bits per heavy atom. The number of carbonyl (C=O) groups is 1. The molecule has 0 aliphatic carbocycles. The van der Waals surface area contributed by atoms with Gasteiger partial charge in [0, 0.05) is 17.4 Å². The molecule has 0 aliphatic heterocycles. The van der Waals surface area contributed by atoms with Crippen LogP contribution in [0.2, 0.25) is 0 Å². The third kappa shape index (κ3) is 5.20. The van der Waals surface area contributed by atoms with E-state index in [2.05, 4.69) is 48.4 Å². The minimum Gasteiger partial charge on any atom is -0.493 e. The summed E-state index contributed by atoms with van der Waals surface area (Å²) in [6.45, 7) is 8.72. The molecule has 4 nitrogen and oxygen atoms in total. The van der Waals surface area contributed by atoms with Gasteiger partial charge in [-0.2, -0.15) is 0 Å². The van der Waals surface area contributed by atoms with Crippen molar-refractivity contribution in [1.82, 2.24) is 4.98 Å². The number of hydrogen-bond donors (Lipinski definition) is 1. The Kier molecular flexibility index (Phi) is 6.47. The van der Waals surface area contributed by atoms with Crippen molar-refractivity contribution in [2.45, 2.75) is 40.5 Å². The first-order chi connectivity index (χ1) is 13.4. The molecule has 2 aromatic carbocycles. The third-order valence-electron chi connectivity index (χ3n) is 4.57. The second-order valence-electron chi connectivity index (χ2n) is 7.13. The first kappa shape index (κ1) is 20.1. The van der Waals surface area contributed by atoms with Crippen molar-refractivity contribution in [2.75, 3.05) is 11.9 Å². The van der Waals surface area contributed by atoms with Gasteiger partial charge in [-0.15, -0.1) is 11.3 Å². The highest BCUT2D eigenvalue weighted by Gasteiger charge is 2.10. The van der Waals surface area contributed by atoms with Gasteiger partial charge in [-0.25, -0.2) is 4.98 Å². The highest BCUT2D eigenvalue weighted by molar-refractivity contribution is 7.14. The molecular weight excluding hydrogens is 368 g/mol. The van der Waals surface area contributed by atoms with Gasteiger partial charge in [-0.05, 0) is 62.9 Å². The van der Waals surface area contributed by atoms with E-state index in [9.17, 15) is 4.79 Å². The summed E-state index contributed by atoms with van der Waals surface area (Å²) in [5, 5.41) is 5.52. The van der Waals surface area contributed by atoms with Crippen LogP contribution in [0.5, 0.6) is 5.75 Å². The molecule has 1 N–H and O–H groups in total. The number of thiazole rings is 1. The van der Waals surface area contributed by atoms with Crippen molar-refractivity contribution in [3.05, 3.63) is 64.0 Å². The molecule has 28 heavy (non-hydrogen) atoms. The van der Waals surface area contributed by atoms with Gasteiger partial charge in [0.15, 0.2) is 5.13 Å². The number of hydrogen-bond acceptors (Lipinski definition) is 4. The maximum atomic E-state index is 12.2. The Balaban J connectivity index is 1.50. The van der Waals surface area contributed by atoms with Crippen LogP contribution < -0.4 is 10.1 Å². The summed E-state index contributed by atoms with van der Waals surface area (Å²) in [7, 11) is 0. The predicted octanol–water partition coefficient (Wildman–Crippen LogP) is 5.84. The molecule has 0 bridgehead atoms. The van der Waals surface area contributed by atoms with Crippen LogP contribution >= 0.6 is 11.3 Å². The fraction of sp³-hybridized carbons (Fsp3) is 0.304. The van der Waals surface area contributed by atoms with E-state index in [1.54, 1.807) is 0 Å². The largest absolute Gasteiger partial charge is 0.493 e. The van der Waals surface area contributed by atoms with E-state index < -0.39 is 0 Å². The number of rotatable bonds is 7. The zero-order valence-electron chi connectivity index (χ0n) is 16.8. The molecule has 0 aliphatic rings. The van der Waals surface area contributed by atoms with Crippen LogP contribution in [-0.2, 0) is 4.79 Å². The van der Waals surface area contributed by atoms with E-state index in [0.717, 1.165) is 22.6 Å². The zero-order chi connectivity index (χ0) is 20.1. The van der Waals surface area contributed by atoms with Crippen molar-refractivity contribution >= 4 is 22.4 Å². The summed E-state index contributed by atoms with van der Waals surface area (Å²) < 4.78 is 5.81. The van der Waals surface area contributed by atoms with Gasteiger partial charge >= 0.3 is 0 Å². The molecule has 0 radical (unpaired) electrons. The minimum atomic E-state index is -0.0357. The fourth-order valence-electron chi connectivity index (χ4n) is 2.93. The number of aryl methyl sites for hydroxylation is 4. The molecular formula is C23H26N2O2S. The summed E-state index contributed by atoms with van der Waals surface area (Å²) in [4.78, 5) is 16.8. The van der Waals surface area contributed by atoms with Crippen LogP contribution in [-0.4, -0.2) is 17.5 Å². The summed E-state index contributed by atoms with van der Waals surface area (Å²) >= 11 is 1.45. The van der Waals surface area contributed by atoms with E-state index in [-0.39, 0.29) is 5.91 Å². The van der Waals surface area contributed by atoms with Crippen molar-refractivity contribution < 1.29 is 9.53 Å². The second-order valence-corrected chi connectivity index (χ2v) is 7.98.